The molecule has 0 aliphatic rings. The largest absolute Gasteiger partial charge is 0.481 e. The Hall–Kier alpha value is -2.36. The van der Waals surface area contributed by atoms with E-state index in [9.17, 15) is 19.2 Å². The Bertz CT molecular complexity index is 528. The molecule has 0 aliphatic carbocycles. The van der Waals surface area contributed by atoms with Crippen molar-refractivity contribution in [2.45, 2.75) is 53.4 Å². The molecule has 0 aromatic carbocycles. The van der Waals surface area contributed by atoms with E-state index in [1.54, 1.807) is 6.92 Å². The van der Waals surface area contributed by atoms with Gasteiger partial charge in [-0.05, 0) is 19.3 Å². The fraction of sp³-hybridized carbons (Fsp3) is 0.833. The van der Waals surface area contributed by atoms with Crippen LogP contribution in [-0.2, 0) is 47.6 Å². The van der Waals surface area contributed by atoms with Gasteiger partial charge in [-0.3, -0.25) is 4.79 Å². The molecule has 4 N–H and O–H groups in total. The Morgan fingerprint density at radius 2 is 0.605 bits per heavy atom. The molecule has 228 valence electrons. The van der Waals surface area contributed by atoms with Crippen LogP contribution in [0.5, 0.6) is 0 Å². The summed E-state index contributed by atoms with van der Waals surface area (Å²) in [5.74, 6) is -3.56. The molecule has 14 nitrogen and oxygen atoms in total. The van der Waals surface area contributed by atoms with Crippen LogP contribution in [0.4, 0.5) is 0 Å². The number of rotatable bonds is 22. The maximum Gasteiger partial charge on any atom is 0.329 e. The maximum atomic E-state index is 10.0. The molecule has 0 bridgehead atoms. The van der Waals surface area contributed by atoms with E-state index in [0.29, 0.717) is 52.9 Å². The van der Waals surface area contributed by atoms with Crippen molar-refractivity contribution in [3.63, 3.8) is 0 Å². The molecule has 0 spiro atoms. The first kappa shape index (κ1) is 42.7. The van der Waals surface area contributed by atoms with E-state index < -0.39 is 23.9 Å². The number of aliphatic carboxylic acids is 4. The summed E-state index contributed by atoms with van der Waals surface area (Å²) in [5.41, 5.74) is 0. The molecule has 0 atom stereocenters. The van der Waals surface area contributed by atoms with Crippen molar-refractivity contribution < 1.29 is 68.0 Å². The average molecular weight is 561 g/mol. The van der Waals surface area contributed by atoms with E-state index in [0.717, 1.165) is 25.9 Å². The minimum Gasteiger partial charge on any atom is -0.481 e. The van der Waals surface area contributed by atoms with Crippen LogP contribution < -0.4 is 0 Å². The zero-order valence-corrected chi connectivity index (χ0v) is 23.2. The summed E-state index contributed by atoms with van der Waals surface area (Å²) >= 11 is 0. The van der Waals surface area contributed by atoms with Gasteiger partial charge in [0.2, 0.25) is 0 Å². The molecule has 14 heteroatoms. The zero-order valence-electron chi connectivity index (χ0n) is 23.2. The number of hydrogen-bond acceptors (Lipinski definition) is 10. The molecule has 0 heterocycles. The highest BCUT2D eigenvalue weighted by molar-refractivity contribution is 5.68. The van der Waals surface area contributed by atoms with Crippen LogP contribution in [0.25, 0.3) is 0 Å². The summed E-state index contributed by atoms with van der Waals surface area (Å²) in [5, 5.41) is 32.1. The summed E-state index contributed by atoms with van der Waals surface area (Å²) in [6, 6.07) is 0. The first-order valence-corrected chi connectivity index (χ1v) is 12.4. The van der Waals surface area contributed by atoms with Gasteiger partial charge in [0.25, 0.3) is 0 Å². The fourth-order valence-electron chi connectivity index (χ4n) is 1.57. The number of carboxylic acid groups (broad SMARTS) is 4. The molecule has 0 radical (unpaired) electrons. The van der Waals surface area contributed by atoms with Crippen LogP contribution in [-0.4, -0.2) is 124 Å². The second-order valence-electron chi connectivity index (χ2n) is 6.92. The standard InChI is InChI=1S/C9H18O5.C7H14O4.C5H10O3.C3H6O2/c1-2-3-12-4-5-13-6-7-14-8-9(10)11;1-2-3-10-4-5-11-6-7(8)9;1-2-3-8-4-5(6)7;1-2-3(4)5/h2-8H2,1H3,(H,10,11);2-6H2,1H3,(H,8,9);2-4H2,1H3,(H,6,7);2H2,1H3,(H,4,5). The Labute approximate surface area is 225 Å². The summed E-state index contributed by atoms with van der Waals surface area (Å²) in [4.78, 5) is 39.1. The molecule has 0 saturated carbocycles. The summed E-state index contributed by atoms with van der Waals surface area (Å²) in [6.45, 7) is 11.5. The van der Waals surface area contributed by atoms with Crippen molar-refractivity contribution in [3.05, 3.63) is 0 Å². The van der Waals surface area contributed by atoms with Crippen molar-refractivity contribution in [1.29, 1.82) is 0 Å². The van der Waals surface area contributed by atoms with Crippen molar-refractivity contribution in [2.24, 2.45) is 0 Å². The number of ether oxygens (including phenoxy) is 6. The molecule has 0 saturated heterocycles. The quantitative estimate of drug-likeness (QED) is 0.140. The highest BCUT2D eigenvalue weighted by Crippen LogP contribution is 1.83. The first-order chi connectivity index (χ1) is 18.1. The minimum atomic E-state index is -0.962. The average Bonchev–Trinajstić information content (AvgIpc) is 2.86. The van der Waals surface area contributed by atoms with Crippen LogP contribution in [0.2, 0.25) is 0 Å². The van der Waals surface area contributed by atoms with E-state index in [4.69, 9.17) is 44.1 Å². The lowest BCUT2D eigenvalue weighted by molar-refractivity contribution is -0.143. The Morgan fingerprint density at radius 3 is 0.842 bits per heavy atom. The number of hydrogen-bond donors (Lipinski definition) is 4. The molecule has 0 aromatic rings. The molecule has 0 unspecified atom stereocenters. The van der Waals surface area contributed by atoms with Crippen molar-refractivity contribution in [3.8, 4) is 0 Å². The second-order valence-corrected chi connectivity index (χ2v) is 6.92. The first-order valence-electron chi connectivity index (χ1n) is 12.4. The lowest BCUT2D eigenvalue weighted by atomic mass is 10.5. The van der Waals surface area contributed by atoms with E-state index >= 15 is 0 Å². The molecule has 38 heavy (non-hydrogen) atoms. The second kappa shape index (κ2) is 39.2. The topological polar surface area (TPSA) is 205 Å². The summed E-state index contributed by atoms with van der Waals surface area (Å²) in [7, 11) is 0. The normalized spacial score (nSPS) is 9.58. The third kappa shape index (κ3) is 64.1. The van der Waals surface area contributed by atoms with Gasteiger partial charge in [0, 0.05) is 26.2 Å². The molecular formula is C24H48O14. The van der Waals surface area contributed by atoms with Crippen molar-refractivity contribution >= 4 is 23.9 Å². The lowest BCUT2D eigenvalue weighted by Crippen LogP contribution is -2.13. The summed E-state index contributed by atoms with van der Waals surface area (Å²) < 4.78 is 29.5. The smallest absolute Gasteiger partial charge is 0.329 e. The van der Waals surface area contributed by atoms with Gasteiger partial charge in [-0.25, -0.2) is 14.4 Å². The van der Waals surface area contributed by atoms with Crippen LogP contribution in [0.3, 0.4) is 0 Å². The van der Waals surface area contributed by atoms with Gasteiger partial charge >= 0.3 is 23.9 Å². The molecule has 0 rings (SSSR count). The molecular weight excluding hydrogens is 512 g/mol. The highest BCUT2D eigenvalue weighted by Gasteiger charge is 1.96. The van der Waals surface area contributed by atoms with E-state index in [-0.39, 0.29) is 26.2 Å². The third-order valence-electron chi connectivity index (χ3n) is 3.14. The van der Waals surface area contributed by atoms with Crippen LogP contribution in [0.1, 0.15) is 53.4 Å². The van der Waals surface area contributed by atoms with Crippen molar-refractivity contribution in [1.82, 2.24) is 0 Å². The third-order valence-corrected chi connectivity index (χ3v) is 3.14. The lowest BCUT2D eigenvalue weighted by Gasteiger charge is -2.04. The van der Waals surface area contributed by atoms with Gasteiger partial charge in [0.1, 0.15) is 19.8 Å². The molecule has 0 amide bonds. The zero-order chi connectivity index (χ0) is 29.9. The van der Waals surface area contributed by atoms with Gasteiger partial charge in [0.05, 0.1) is 39.6 Å². The predicted molar refractivity (Wildman–Crippen MR) is 137 cm³/mol. The van der Waals surface area contributed by atoms with Gasteiger partial charge in [-0.15, -0.1) is 0 Å². The van der Waals surface area contributed by atoms with Gasteiger partial charge in [0.15, 0.2) is 0 Å². The number of carbonyl (C=O) groups is 4. The molecule has 0 aromatic heterocycles. The highest BCUT2D eigenvalue weighted by atomic mass is 16.6. The predicted octanol–water partition coefficient (Wildman–Crippen LogP) is 2.02. The fourth-order valence-corrected chi connectivity index (χ4v) is 1.57. The van der Waals surface area contributed by atoms with E-state index in [1.807, 2.05) is 20.8 Å². The SMILES string of the molecule is CCC(=O)O.CCCOCC(=O)O.CCCOCCOCC(=O)O.CCCOCCOCCOCC(=O)O. The molecule has 0 aliphatic heterocycles. The van der Waals surface area contributed by atoms with E-state index in [1.165, 1.54) is 0 Å². The Balaban J connectivity index is -0.000000215. The summed E-state index contributed by atoms with van der Waals surface area (Å²) in [6.07, 6.45) is 3.06. The van der Waals surface area contributed by atoms with Gasteiger partial charge < -0.3 is 48.8 Å². The van der Waals surface area contributed by atoms with E-state index in [2.05, 4.69) is 4.74 Å². The Morgan fingerprint density at radius 1 is 0.395 bits per heavy atom. The Kier molecular flexibility index (Phi) is 44.0. The van der Waals surface area contributed by atoms with Crippen LogP contribution in [0.15, 0.2) is 0 Å². The van der Waals surface area contributed by atoms with Crippen molar-refractivity contribution in [2.75, 3.05) is 79.3 Å². The minimum absolute atomic E-state index is 0.173. The maximum absolute atomic E-state index is 10.0. The van der Waals surface area contributed by atoms with Gasteiger partial charge in [-0.2, -0.15) is 0 Å². The monoisotopic (exact) mass is 560 g/mol. The van der Waals surface area contributed by atoms with Gasteiger partial charge in [-0.1, -0.05) is 27.7 Å². The number of carboxylic acids is 4. The van der Waals surface area contributed by atoms with Crippen LogP contribution in [0, 0.1) is 0 Å². The van der Waals surface area contributed by atoms with Crippen LogP contribution >= 0.6 is 0 Å². The molecule has 0 fully saturated rings.